The molecule has 0 saturated carbocycles. The number of benzene rings is 1. The first-order valence-electron chi connectivity index (χ1n) is 6.13. The molecule has 3 N–H and O–H groups in total. The SMILES string of the molecule is Cc1ccc(NC(=O)N(C)CC(C)(C)CN)cc1. The van der Waals surface area contributed by atoms with E-state index in [2.05, 4.69) is 5.32 Å². The van der Waals surface area contributed by atoms with Gasteiger partial charge in [0.25, 0.3) is 0 Å². The van der Waals surface area contributed by atoms with Gasteiger partial charge in [-0.15, -0.1) is 0 Å². The zero-order valence-electron chi connectivity index (χ0n) is 11.7. The van der Waals surface area contributed by atoms with Crippen LogP contribution in [-0.2, 0) is 0 Å². The van der Waals surface area contributed by atoms with Crippen molar-refractivity contribution in [3.63, 3.8) is 0 Å². The van der Waals surface area contributed by atoms with Crippen molar-refractivity contribution in [2.45, 2.75) is 20.8 Å². The number of aryl methyl sites for hydroxylation is 1. The van der Waals surface area contributed by atoms with Gasteiger partial charge in [-0.1, -0.05) is 31.5 Å². The van der Waals surface area contributed by atoms with Crippen molar-refractivity contribution in [3.8, 4) is 0 Å². The summed E-state index contributed by atoms with van der Waals surface area (Å²) in [5, 5.41) is 2.86. The summed E-state index contributed by atoms with van der Waals surface area (Å²) in [6.07, 6.45) is 0. The number of carbonyl (C=O) groups is 1. The van der Waals surface area contributed by atoms with E-state index in [0.717, 1.165) is 5.69 Å². The number of urea groups is 1. The highest BCUT2D eigenvalue weighted by Crippen LogP contribution is 2.15. The second kappa shape index (κ2) is 5.87. The van der Waals surface area contributed by atoms with Gasteiger partial charge in [-0.3, -0.25) is 0 Å². The molecule has 0 fully saturated rings. The lowest BCUT2D eigenvalue weighted by atomic mass is 9.93. The Balaban J connectivity index is 2.57. The summed E-state index contributed by atoms with van der Waals surface area (Å²) in [6, 6.07) is 7.63. The van der Waals surface area contributed by atoms with Crippen molar-refractivity contribution in [2.75, 3.05) is 25.5 Å². The molecule has 0 bridgehead atoms. The third-order valence-corrected chi connectivity index (χ3v) is 2.87. The molecule has 4 nitrogen and oxygen atoms in total. The normalized spacial score (nSPS) is 11.2. The second-order valence-corrected chi connectivity index (χ2v) is 5.52. The Hall–Kier alpha value is -1.55. The minimum atomic E-state index is -0.111. The molecular formula is C14H23N3O. The standard InChI is InChI=1S/C14H23N3O/c1-11-5-7-12(8-6-11)16-13(18)17(4)10-14(2,3)9-15/h5-8H,9-10,15H2,1-4H3,(H,16,18). The van der Waals surface area contributed by atoms with Crippen molar-refractivity contribution in [1.29, 1.82) is 0 Å². The van der Waals surface area contributed by atoms with Crippen LogP contribution in [0.1, 0.15) is 19.4 Å². The van der Waals surface area contributed by atoms with E-state index in [1.54, 1.807) is 11.9 Å². The van der Waals surface area contributed by atoms with Crippen LogP contribution in [-0.4, -0.2) is 31.1 Å². The predicted molar refractivity (Wildman–Crippen MR) is 75.7 cm³/mol. The Labute approximate surface area is 109 Å². The van der Waals surface area contributed by atoms with E-state index >= 15 is 0 Å². The Kier molecular flexibility index (Phi) is 4.73. The van der Waals surface area contributed by atoms with Crippen LogP contribution in [0.15, 0.2) is 24.3 Å². The molecule has 0 aromatic heterocycles. The van der Waals surface area contributed by atoms with E-state index in [9.17, 15) is 4.79 Å². The van der Waals surface area contributed by atoms with E-state index in [0.29, 0.717) is 13.1 Å². The molecule has 0 aliphatic rings. The summed E-state index contributed by atoms with van der Waals surface area (Å²) in [5.41, 5.74) is 7.58. The molecule has 0 radical (unpaired) electrons. The minimum Gasteiger partial charge on any atom is -0.330 e. The molecule has 0 atom stereocenters. The molecule has 1 aromatic rings. The van der Waals surface area contributed by atoms with Crippen LogP contribution < -0.4 is 11.1 Å². The molecule has 1 rings (SSSR count). The molecule has 0 aliphatic heterocycles. The lowest BCUT2D eigenvalue weighted by Crippen LogP contribution is -2.41. The van der Waals surface area contributed by atoms with Crippen LogP contribution in [0.2, 0.25) is 0 Å². The maximum atomic E-state index is 12.0. The molecule has 100 valence electrons. The van der Waals surface area contributed by atoms with Gasteiger partial charge in [0, 0.05) is 19.3 Å². The third-order valence-electron chi connectivity index (χ3n) is 2.87. The molecule has 0 saturated heterocycles. The fourth-order valence-corrected chi connectivity index (χ4v) is 1.63. The van der Waals surface area contributed by atoms with E-state index < -0.39 is 0 Å². The van der Waals surface area contributed by atoms with Gasteiger partial charge >= 0.3 is 6.03 Å². The summed E-state index contributed by atoms with van der Waals surface area (Å²) in [4.78, 5) is 13.6. The zero-order chi connectivity index (χ0) is 13.8. The topological polar surface area (TPSA) is 58.4 Å². The highest BCUT2D eigenvalue weighted by molar-refractivity contribution is 5.89. The smallest absolute Gasteiger partial charge is 0.321 e. The van der Waals surface area contributed by atoms with Gasteiger partial charge in [-0.25, -0.2) is 4.79 Å². The summed E-state index contributed by atoms with van der Waals surface area (Å²) >= 11 is 0. The van der Waals surface area contributed by atoms with Gasteiger partial charge in [-0.2, -0.15) is 0 Å². The summed E-state index contributed by atoms with van der Waals surface area (Å²) in [5.74, 6) is 0. The van der Waals surface area contributed by atoms with Crippen molar-refractivity contribution < 1.29 is 4.79 Å². The summed E-state index contributed by atoms with van der Waals surface area (Å²) in [6.45, 7) is 7.28. The first kappa shape index (κ1) is 14.5. The van der Waals surface area contributed by atoms with Gasteiger partial charge in [-0.05, 0) is 31.0 Å². The highest BCUT2D eigenvalue weighted by atomic mass is 16.2. The number of nitrogens with zero attached hydrogens (tertiary/aromatic N) is 1. The average Bonchev–Trinajstić information content (AvgIpc) is 2.31. The van der Waals surface area contributed by atoms with Crippen LogP contribution in [0.3, 0.4) is 0 Å². The van der Waals surface area contributed by atoms with E-state index in [1.165, 1.54) is 5.56 Å². The van der Waals surface area contributed by atoms with Gasteiger partial charge in [0.15, 0.2) is 0 Å². The molecule has 0 spiro atoms. The Morgan fingerprint density at radius 2 is 1.89 bits per heavy atom. The minimum absolute atomic E-state index is 0.0701. The lowest BCUT2D eigenvalue weighted by Gasteiger charge is -2.29. The van der Waals surface area contributed by atoms with E-state index in [-0.39, 0.29) is 11.4 Å². The van der Waals surface area contributed by atoms with Crippen molar-refractivity contribution >= 4 is 11.7 Å². The number of hydrogen-bond donors (Lipinski definition) is 2. The molecule has 4 heteroatoms. The predicted octanol–water partition coefficient (Wildman–Crippen LogP) is 2.44. The third kappa shape index (κ3) is 4.37. The molecular weight excluding hydrogens is 226 g/mol. The fourth-order valence-electron chi connectivity index (χ4n) is 1.63. The van der Waals surface area contributed by atoms with Crippen molar-refractivity contribution in [1.82, 2.24) is 4.90 Å². The van der Waals surface area contributed by atoms with Crippen LogP contribution in [0.5, 0.6) is 0 Å². The number of nitrogens with one attached hydrogen (secondary N) is 1. The van der Waals surface area contributed by atoms with Crippen LogP contribution >= 0.6 is 0 Å². The molecule has 0 unspecified atom stereocenters. The van der Waals surface area contributed by atoms with Crippen LogP contribution in [0.25, 0.3) is 0 Å². The van der Waals surface area contributed by atoms with E-state index in [4.69, 9.17) is 5.73 Å². The maximum absolute atomic E-state index is 12.0. The summed E-state index contributed by atoms with van der Waals surface area (Å²) in [7, 11) is 1.78. The van der Waals surface area contributed by atoms with Gasteiger partial charge in [0.2, 0.25) is 0 Å². The van der Waals surface area contributed by atoms with Crippen molar-refractivity contribution in [3.05, 3.63) is 29.8 Å². The van der Waals surface area contributed by atoms with Gasteiger partial charge < -0.3 is 16.0 Å². The zero-order valence-corrected chi connectivity index (χ0v) is 11.7. The first-order chi connectivity index (χ1) is 8.34. The second-order valence-electron chi connectivity index (χ2n) is 5.52. The molecule has 2 amide bonds. The monoisotopic (exact) mass is 249 g/mol. The Bertz CT molecular complexity index is 398. The number of amides is 2. The van der Waals surface area contributed by atoms with Gasteiger partial charge in [0.1, 0.15) is 0 Å². The van der Waals surface area contributed by atoms with Crippen LogP contribution in [0.4, 0.5) is 10.5 Å². The number of nitrogens with two attached hydrogens (primary N) is 1. The number of hydrogen-bond acceptors (Lipinski definition) is 2. The molecule has 18 heavy (non-hydrogen) atoms. The highest BCUT2D eigenvalue weighted by Gasteiger charge is 2.21. The lowest BCUT2D eigenvalue weighted by molar-refractivity contribution is 0.197. The Morgan fingerprint density at radius 1 is 1.33 bits per heavy atom. The maximum Gasteiger partial charge on any atom is 0.321 e. The quantitative estimate of drug-likeness (QED) is 0.861. The largest absolute Gasteiger partial charge is 0.330 e. The van der Waals surface area contributed by atoms with Crippen LogP contribution in [0, 0.1) is 12.3 Å². The number of rotatable bonds is 4. The fraction of sp³-hybridized carbons (Fsp3) is 0.500. The molecule has 0 aliphatic carbocycles. The van der Waals surface area contributed by atoms with E-state index in [1.807, 2.05) is 45.0 Å². The molecule has 1 aromatic carbocycles. The molecule has 0 heterocycles. The average molecular weight is 249 g/mol. The first-order valence-corrected chi connectivity index (χ1v) is 6.13. The van der Waals surface area contributed by atoms with Gasteiger partial charge in [0.05, 0.1) is 0 Å². The number of carbonyl (C=O) groups excluding carboxylic acids is 1. The Morgan fingerprint density at radius 3 is 2.39 bits per heavy atom. The summed E-state index contributed by atoms with van der Waals surface area (Å²) < 4.78 is 0. The number of anilines is 1. The van der Waals surface area contributed by atoms with Crippen molar-refractivity contribution in [2.24, 2.45) is 11.1 Å².